The molecule has 110 valence electrons. The Morgan fingerprint density at radius 3 is 2.71 bits per heavy atom. The zero-order chi connectivity index (χ0) is 15.2. The molecule has 8 heteroatoms. The molecule has 0 bridgehead atoms. The van der Waals surface area contributed by atoms with Gasteiger partial charge in [-0.25, -0.2) is 0 Å². The second kappa shape index (κ2) is 6.89. The van der Waals surface area contributed by atoms with Crippen molar-refractivity contribution in [2.45, 2.75) is 18.2 Å². The first-order valence-corrected chi connectivity index (χ1v) is 7.12. The predicted octanol–water partition coefficient (Wildman–Crippen LogP) is -0.0357. The van der Waals surface area contributed by atoms with Gasteiger partial charge in [0.2, 0.25) is 5.91 Å². The highest BCUT2D eigenvalue weighted by Gasteiger charge is 2.30. The van der Waals surface area contributed by atoms with Crippen LogP contribution in [0.15, 0.2) is 40.3 Å². The fraction of sp³-hybridized carbons (Fsp3) is 0.231. The smallest absolute Gasteiger partial charge is 0.262 e. The van der Waals surface area contributed by atoms with Crippen molar-refractivity contribution >= 4 is 34.7 Å². The molecule has 1 aliphatic heterocycles. The van der Waals surface area contributed by atoms with Crippen LogP contribution in [0.1, 0.15) is 12.0 Å². The highest BCUT2D eigenvalue weighted by atomic mass is 32.2. The van der Waals surface area contributed by atoms with E-state index in [2.05, 4.69) is 15.3 Å². The summed E-state index contributed by atoms with van der Waals surface area (Å²) in [5, 5.41) is 2.39. The van der Waals surface area contributed by atoms with Crippen molar-refractivity contribution in [1.29, 1.82) is 0 Å². The molecule has 0 aromatic heterocycles. The number of nitrogens with one attached hydrogen (secondary N) is 1. The first kappa shape index (κ1) is 15.0. The molecule has 0 radical (unpaired) electrons. The number of amidine groups is 1. The van der Waals surface area contributed by atoms with E-state index in [0.29, 0.717) is 6.54 Å². The average molecular weight is 305 g/mol. The Labute approximate surface area is 125 Å². The molecule has 5 N–H and O–H groups in total. The Hall–Kier alpha value is -2.35. The number of thioether (sulfide) groups is 1. The Bertz CT molecular complexity index is 596. The van der Waals surface area contributed by atoms with Gasteiger partial charge < -0.3 is 16.8 Å². The van der Waals surface area contributed by atoms with Gasteiger partial charge in [-0.15, -0.1) is 0 Å². The maximum Gasteiger partial charge on any atom is 0.262 e. The van der Waals surface area contributed by atoms with Crippen molar-refractivity contribution in [1.82, 2.24) is 5.32 Å². The number of carbonyl (C=O) groups is 2. The molecule has 1 aromatic carbocycles. The maximum atomic E-state index is 11.8. The zero-order valence-electron chi connectivity index (χ0n) is 11.2. The molecule has 1 atom stereocenters. The SMILES string of the molecule is NC(N)=NC1=NC(=O)C(CC(=O)NCc2ccccc2)S1. The second-order valence-electron chi connectivity index (χ2n) is 4.34. The predicted molar refractivity (Wildman–Crippen MR) is 82.5 cm³/mol. The van der Waals surface area contributed by atoms with Crippen molar-refractivity contribution in [3.63, 3.8) is 0 Å². The van der Waals surface area contributed by atoms with Crippen LogP contribution in [0, 0.1) is 0 Å². The van der Waals surface area contributed by atoms with Crippen molar-refractivity contribution in [3.8, 4) is 0 Å². The van der Waals surface area contributed by atoms with Crippen LogP contribution in [0.2, 0.25) is 0 Å². The average Bonchev–Trinajstić information content (AvgIpc) is 2.76. The minimum absolute atomic E-state index is 0.0450. The third kappa shape index (κ3) is 4.60. The van der Waals surface area contributed by atoms with Gasteiger partial charge in [-0.05, 0) is 5.56 Å². The Balaban J connectivity index is 1.82. The number of carbonyl (C=O) groups excluding carboxylic acids is 2. The molecule has 0 aliphatic carbocycles. The molecular formula is C13H15N5O2S. The van der Waals surface area contributed by atoms with Crippen molar-refractivity contribution in [2.75, 3.05) is 0 Å². The van der Waals surface area contributed by atoms with Crippen LogP contribution in [0.25, 0.3) is 0 Å². The van der Waals surface area contributed by atoms with Gasteiger partial charge in [0, 0.05) is 13.0 Å². The van der Waals surface area contributed by atoms with Crippen LogP contribution in [0.5, 0.6) is 0 Å². The summed E-state index contributed by atoms with van der Waals surface area (Å²) in [6, 6.07) is 9.52. The van der Waals surface area contributed by atoms with Crippen LogP contribution in [-0.2, 0) is 16.1 Å². The summed E-state index contributed by atoms with van der Waals surface area (Å²) in [5.41, 5.74) is 11.4. The van der Waals surface area contributed by atoms with Gasteiger partial charge in [-0.3, -0.25) is 9.59 Å². The van der Waals surface area contributed by atoms with Crippen LogP contribution < -0.4 is 16.8 Å². The van der Waals surface area contributed by atoms with E-state index in [1.54, 1.807) is 0 Å². The van der Waals surface area contributed by atoms with Gasteiger partial charge in [-0.1, -0.05) is 42.1 Å². The molecule has 0 saturated carbocycles. The topological polar surface area (TPSA) is 123 Å². The number of aliphatic imine (C=N–C) groups is 2. The Morgan fingerprint density at radius 2 is 2.05 bits per heavy atom. The minimum Gasteiger partial charge on any atom is -0.370 e. The molecule has 0 fully saturated rings. The lowest BCUT2D eigenvalue weighted by Crippen LogP contribution is -2.27. The summed E-state index contributed by atoms with van der Waals surface area (Å²) in [5.74, 6) is -0.774. The van der Waals surface area contributed by atoms with Crippen molar-refractivity contribution in [3.05, 3.63) is 35.9 Å². The first-order valence-electron chi connectivity index (χ1n) is 6.24. The third-order valence-corrected chi connectivity index (χ3v) is 3.70. The summed E-state index contributed by atoms with van der Waals surface area (Å²) < 4.78 is 0. The molecule has 1 aromatic rings. The van der Waals surface area contributed by atoms with Gasteiger partial charge in [0.05, 0.1) is 0 Å². The number of nitrogens with zero attached hydrogens (tertiary/aromatic N) is 2. The molecule has 0 spiro atoms. The lowest BCUT2D eigenvalue weighted by molar-refractivity contribution is -0.124. The second-order valence-corrected chi connectivity index (χ2v) is 5.51. The van der Waals surface area contributed by atoms with Crippen LogP contribution in [0.3, 0.4) is 0 Å². The van der Waals surface area contributed by atoms with Crippen LogP contribution in [-0.4, -0.2) is 28.2 Å². The summed E-state index contributed by atoms with van der Waals surface area (Å²) in [6.07, 6.45) is 0.0450. The highest BCUT2D eigenvalue weighted by molar-refractivity contribution is 8.15. The van der Waals surface area contributed by atoms with E-state index in [1.165, 1.54) is 0 Å². The number of rotatable bonds is 4. The number of guanidine groups is 1. The van der Waals surface area contributed by atoms with E-state index in [4.69, 9.17) is 11.5 Å². The molecule has 1 heterocycles. The van der Waals surface area contributed by atoms with E-state index < -0.39 is 11.2 Å². The van der Waals surface area contributed by atoms with E-state index in [0.717, 1.165) is 17.3 Å². The van der Waals surface area contributed by atoms with Crippen LogP contribution >= 0.6 is 11.8 Å². The van der Waals surface area contributed by atoms with Gasteiger partial charge in [-0.2, -0.15) is 9.98 Å². The maximum absolute atomic E-state index is 11.8. The standard InChI is InChI=1S/C13H15N5O2S/c14-12(15)18-13-17-11(20)9(21-13)6-10(19)16-7-8-4-2-1-3-5-8/h1-5,9H,6-7H2,(H,16,19)(H4,14,15,17,18,20). The monoisotopic (exact) mass is 305 g/mol. The lowest BCUT2D eigenvalue weighted by Gasteiger charge is -2.07. The Morgan fingerprint density at radius 1 is 1.33 bits per heavy atom. The lowest BCUT2D eigenvalue weighted by atomic mass is 10.2. The van der Waals surface area contributed by atoms with E-state index in [9.17, 15) is 9.59 Å². The number of nitrogens with two attached hydrogens (primary N) is 2. The minimum atomic E-state index is -0.570. The van der Waals surface area contributed by atoms with Crippen molar-refractivity contribution < 1.29 is 9.59 Å². The molecule has 21 heavy (non-hydrogen) atoms. The molecule has 2 amide bonds. The molecule has 1 aliphatic rings. The van der Waals surface area contributed by atoms with Gasteiger partial charge >= 0.3 is 0 Å². The summed E-state index contributed by atoms with van der Waals surface area (Å²) in [7, 11) is 0. The fourth-order valence-corrected chi connectivity index (χ4v) is 2.64. The molecular weight excluding hydrogens is 290 g/mol. The normalized spacial score (nSPS) is 17.2. The Kier molecular flexibility index (Phi) is 4.94. The third-order valence-electron chi connectivity index (χ3n) is 2.66. The van der Waals surface area contributed by atoms with E-state index >= 15 is 0 Å². The largest absolute Gasteiger partial charge is 0.370 e. The highest BCUT2D eigenvalue weighted by Crippen LogP contribution is 2.25. The van der Waals surface area contributed by atoms with Gasteiger partial charge in [0.25, 0.3) is 5.91 Å². The molecule has 2 rings (SSSR count). The molecule has 1 unspecified atom stereocenters. The molecule has 7 nitrogen and oxygen atoms in total. The van der Waals surface area contributed by atoms with Gasteiger partial charge in [0.15, 0.2) is 11.1 Å². The summed E-state index contributed by atoms with van der Waals surface area (Å²) >= 11 is 1.09. The quantitative estimate of drug-likeness (QED) is 0.532. The van der Waals surface area contributed by atoms with E-state index in [-0.39, 0.29) is 23.5 Å². The number of hydrogen-bond acceptors (Lipinski definition) is 4. The summed E-state index contributed by atoms with van der Waals surface area (Å²) in [6.45, 7) is 0.423. The first-order chi connectivity index (χ1) is 10.0. The summed E-state index contributed by atoms with van der Waals surface area (Å²) in [4.78, 5) is 30.9. The number of benzene rings is 1. The van der Waals surface area contributed by atoms with Gasteiger partial charge in [0.1, 0.15) is 5.25 Å². The van der Waals surface area contributed by atoms with Crippen LogP contribution in [0.4, 0.5) is 0 Å². The van der Waals surface area contributed by atoms with E-state index in [1.807, 2.05) is 30.3 Å². The fourth-order valence-electron chi connectivity index (χ4n) is 1.70. The molecule has 0 saturated heterocycles. The zero-order valence-corrected chi connectivity index (χ0v) is 12.0. The van der Waals surface area contributed by atoms with Crippen molar-refractivity contribution in [2.24, 2.45) is 21.5 Å². The number of amides is 2. The number of hydrogen-bond donors (Lipinski definition) is 3.